The highest BCUT2D eigenvalue weighted by Crippen LogP contribution is 2.32. The van der Waals surface area contributed by atoms with Crippen molar-refractivity contribution in [2.75, 3.05) is 12.4 Å². The van der Waals surface area contributed by atoms with Gasteiger partial charge in [-0.3, -0.25) is 4.79 Å². The maximum Gasteiger partial charge on any atom is 0.350 e. The maximum absolute atomic E-state index is 12.3. The van der Waals surface area contributed by atoms with Crippen LogP contribution in [0, 0.1) is 0 Å². The molecular weight excluding hydrogens is 374 g/mol. The van der Waals surface area contributed by atoms with Gasteiger partial charge in [-0.25, -0.2) is 9.78 Å². The number of nitrogens with one attached hydrogen (secondary N) is 1. The Morgan fingerprint density at radius 1 is 1.27 bits per heavy atom. The van der Waals surface area contributed by atoms with Crippen molar-refractivity contribution < 1.29 is 14.3 Å². The summed E-state index contributed by atoms with van der Waals surface area (Å²) >= 11 is 1.11. The van der Waals surface area contributed by atoms with Crippen LogP contribution in [-0.2, 0) is 14.9 Å². The third kappa shape index (κ3) is 5.52. The number of hydrogen-bond donors (Lipinski definition) is 2. The molecule has 1 amide bonds. The third-order valence-corrected chi connectivity index (χ3v) is 4.54. The van der Waals surface area contributed by atoms with E-state index in [1.165, 1.54) is 7.11 Å². The molecule has 26 heavy (non-hydrogen) atoms. The van der Waals surface area contributed by atoms with Crippen molar-refractivity contribution >= 4 is 40.8 Å². The fourth-order valence-electron chi connectivity index (χ4n) is 2.30. The highest BCUT2D eigenvalue weighted by atomic mass is 35.5. The first-order chi connectivity index (χ1) is 11.7. The molecule has 3 N–H and O–H groups in total. The Bertz CT molecular complexity index is 757. The van der Waals surface area contributed by atoms with Crippen LogP contribution < -0.4 is 11.1 Å². The zero-order valence-corrected chi connectivity index (χ0v) is 16.9. The molecule has 6 nitrogen and oxygen atoms in total. The molecule has 1 heterocycles. The average Bonchev–Trinajstić information content (AvgIpc) is 2.98. The summed E-state index contributed by atoms with van der Waals surface area (Å²) in [6.45, 7) is 5.85. The quantitative estimate of drug-likeness (QED) is 0.750. The van der Waals surface area contributed by atoms with Gasteiger partial charge in [-0.05, 0) is 5.56 Å². The monoisotopic (exact) mass is 397 g/mol. The lowest BCUT2D eigenvalue weighted by Crippen LogP contribution is -2.21. The molecule has 142 valence electrons. The Balaban J connectivity index is 0.00000338. The minimum Gasteiger partial charge on any atom is -0.465 e. The van der Waals surface area contributed by atoms with Crippen molar-refractivity contribution in [1.82, 2.24) is 4.98 Å². The van der Waals surface area contributed by atoms with E-state index in [0.29, 0.717) is 15.7 Å². The zero-order chi connectivity index (χ0) is 18.6. The Morgan fingerprint density at radius 2 is 1.88 bits per heavy atom. The number of carbonyl (C=O) groups excluding carboxylic acids is 2. The summed E-state index contributed by atoms with van der Waals surface area (Å²) in [5.41, 5.74) is 7.22. The summed E-state index contributed by atoms with van der Waals surface area (Å²) in [6.07, 6.45) is 0.127. The van der Waals surface area contributed by atoms with Crippen molar-refractivity contribution in [3.8, 4) is 0 Å². The lowest BCUT2D eigenvalue weighted by Gasteiger charge is -2.16. The van der Waals surface area contributed by atoms with Gasteiger partial charge in [-0.2, -0.15) is 0 Å². The van der Waals surface area contributed by atoms with Crippen molar-refractivity contribution in [2.45, 2.75) is 38.6 Å². The molecule has 0 radical (unpaired) electrons. The Morgan fingerprint density at radius 3 is 2.42 bits per heavy atom. The molecule has 0 saturated carbocycles. The first-order valence-corrected chi connectivity index (χ1v) is 8.74. The number of thiazole rings is 1. The normalized spacial score (nSPS) is 12.0. The van der Waals surface area contributed by atoms with Crippen molar-refractivity contribution in [2.24, 2.45) is 5.73 Å². The van der Waals surface area contributed by atoms with Crippen LogP contribution in [0.3, 0.4) is 0 Å². The lowest BCUT2D eigenvalue weighted by atomic mass is 9.91. The number of anilines is 1. The molecule has 1 atom stereocenters. The van der Waals surface area contributed by atoms with E-state index >= 15 is 0 Å². The molecule has 1 unspecified atom stereocenters. The lowest BCUT2D eigenvalue weighted by molar-refractivity contribution is -0.116. The standard InChI is InChI=1S/C18H23N3O3S.ClH/c1-18(2,3)15-14(16(23)24-4)25-17(21-15)20-13(22)10-12(19)11-8-6-5-7-9-11;/h5-9,12H,10,19H2,1-4H3,(H,20,21,22);1H. The van der Waals surface area contributed by atoms with Gasteiger partial charge >= 0.3 is 5.97 Å². The molecule has 8 heteroatoms. The van der Waals surface area contributed by atoms with E-state index in [2.05, 4.69) is 10.3 Å². The van der Waals surface area contributed by atoms with Crippen LogP contribution in [0.15, 0.2) is 30.3 Å². The van der Waals surface area contributed by atoms with Gasteiger partial charge in [0.25, 0.3) is 0 Å². The summed E-state index contributed by atoms with van der Waals surface area (Å²) in [4.78, 5) is 29.0. The fraction of sp³-hybridized carbons (Fsp3) is 0.389. The van der Waals surface area contributed by atoms with Gasteiger partial charge in [0.15, 0.2) is 5.13 Å². The third-order valence-electron chi connectivity index (χ3n) is 3.59. The number of amides is 1. The topological polar surface area (TPSA) is 94.3 Å². The molecular formula is C18H24ClN3O3S. The van der Waals surface area contributed by atoms with Gasteiger partial charge in [-0.15, -0.1) is 12.4 Å². The fourth-order valence-corrected chi connectivity index (χ4v) is 3.41. The van der Waals surface area contributed by atoms with E-state index in [1.54, 1.807) is 0 Å². The minimum absolute atomic E-state index is 0. The van der Waals surface area contributed by atoms with Gasteiger partial charge in [0.1, 0.15) is 4.88 Å². The number of aromatic nitrogens is 1. The van der Waals surface area contributed by atoms with Gasteiger partial charge in [0, 0.05) is 17.9 Å². The number of ether oxygens (including phenoxy) is 1. The summed E-state index contributed by atoms with van der Waals surface area (Å²) in [5.74, 6) is -0.703. The Kier molecular flexibility index (Phi) is 7.74. The second-order valence-electron chi connectivity index (χ2n) is 6.71. The van der Waals surface area contributed by atoms with Crippen LogP contribution in [0.1, 0.15) is 54.2 Å². The van der Waals surface area contributed by atoms with Crippen molar-refractivity contribution in [3.05, 3.63) is 46.5 Å². The number of halogens is 1. The molecule has 2 aromatic rings. The summed E-state index contributed by atoms with van der Waals surface area (Å²) in [5, 5.41) is 3.11. The smallest absolute Gasteiger partial charge is 0.350 e. The molecule has 0 fully saturated rings. The number of nitrogens with zero attached hydrogens (tertiary/aromatic N) is 1. The van der Waals surface area contributed by atoms with Gasteiger partial charge in [0.2, 0.25) is 5.91 Å². The summed E-state index contributed by atoms with van der Waals surface area (Å²) in [7, 11) is 1.33. The minimum atomic E-state index is -0.455. The molecule has 1 aromatic heterocycles. The Hall–Kier alpha value is -1.96. The molecule has 2 rings (SSSR count). The zero-order valence-electron chi connectivity index (χ0n) is 15.2. The van der Waals surface area contributed by atoms with Crippen LogP contribution in [0.25, 0.3) is 0 Å². The van der Waals surface area contributed by atoms with E-state index in [1.807, 2.05) is 51.1 Å². The molecule has 1 aromatic carbocycles. The molecule has 0 aliphatic rings. The molecule has 0 aliphatic heterocycles. The molecule has 0 saturated heterocycles. The molecule has 0 spiro atoms. The number of hydrogen-bond acceptors (Lipinski definition) is 6. The molecule has 0 aliphatic carbocycles. The number of benzene rings is 1. The van der Waals surface area contributed by atoms with E-state index in [-0.39, 0.29) is 30.2 Å². The maximum atomic E-state index is 12.3. The predicted molar refractivity (Wildman–Crippen MR) is 106 cm³/mol. The number of carbonyl (C=O) groups is 2. The van der Waals surface area contributed by atoms with Gasteiger partial charge < -0.3 is 15.8 Å². The van der Waals surface area contributed by atoms with Crippen LogP contribution in [-0.4, -0.2) is 24.0 Å². The summed E-state index contributed by atoms with van der Waals surface area (Å²) in [6, 6.07) is 9.03. The first-order valence-electron chi connectivity index (χ1n) is 7.92. The van der Waals surface area contributed by atoms with E-state index in [9.17, 15) is 9.59 Å². The van der Waals surface area contributed by atoms with Crippen LogP contribution in [0.4, 0.5) is 5.13 Å². The van der Waals surface area contributed by atoms with E-state index in [4.69, 9.17) is 10.5 Å². The number of nitrogens with two attached hydrogens (primary N) is 1. The SMILES string of the molecule is COC(=O)c1sc(NC(=O)CC(N)c2ccccc2)nc1C(C)(C)C.Cl. The number of rotatable bonds is 5. The van der Waals surface area contributed by atoms with Crippen LogP contribution >= 0.6 is 23.7 Å². The molecule has 0 bridgehead atoms. The first kappa shape index (κ1) is 22.1. The van der Waals surface area contributed by atoms with Crippen LogP contribution in [0.2, 0.25) is 0 Å². The summed E-state index contributed by atoms with van der Waals surface area (Å²) < 4.78 is 4.81. The number of esters is 1. The highest BCUT2D eigenvalue weighted by molar-refractivity contribution is 7.17. The second-order valence-corrected chi connectivity index (χ2v) is 7.71. The van der Waals surface area contributed by atoms with E-state index < -0.39 is 12.0 Å². The van der Waals surface area contributed by atoms with Gasteiger partial charge in [0.05, 0.1) is 12.8 Å². The largest absolute Gasteiger partial charge is 0.465 e. The van der Waals surface area contributed by atoms with Crippen molar-refractivity contribution in [3.63, 3.8) is 0 Å². The van der Waals surface area contributed by atoms with E-state index in [0.717, 1.165) is 16.9 Å². The van der Waals surface area contributed by atoms with Gasteiger partial charge in [-0.1, -0.05) is 62.4 Å². The van der Waals surface area contributed by atoms with Crippen LogP contribution in [0.5, 0.6) is 0 Å². The highest BCUT2D eigenvalue weighted by Gasteiger charge is 2.28. The predicted octanol–water partition coefficient (Wildman–Crippen LogP) is 3.68. The average molecular weight is 398 g/mol. The number of methoxy groups -OCH3 is 1. The second kappa shape index (κ2) is 9.12. The Labute approximate surface area is 163 Å². The van der Waals surface area contributed by atoms with Crippen molar-refractivity contribution in [1.29, 1.82) is 0 Å².